The number of ether oxygens (including phenoxy) is 2. The summed E-state index contributed by atoms with van der Waals surface area (Å²) in [4.78, 5) is 2.17. The summed E-state index contributed by atoms with van der Waals surface area (Å²) in [5, 5.41) is 31.1. The summed E-state index contributed by atoms with van der Waals surface area (Å²) in [7, 11) is 7.44. The van der Waals surface area contributed by atoms with Crippen LogP contribution in [0.4, 0.5) is 0 Å². The van der Waals surface area contributed by atoms with Crippen molar-refractivity contribution in [3.8, 4) is 17.6 Å². The Hall–Kier alpha value is -2.59. The lowest BCUT2D eigenvalue weighted by Crippen LogP contribution is -2.42. The summed E-state index contributed by atoms with van der Waals surface area (Å²) in [5.41, 5.74) is 0.671. The Morgan fingerprint density at radius 3 is 1.50 bits per heavy atom. The Kier molecular flexibility index (Phi) is 14.7. The van der Waals surface area contributed by atoms with Crippen LogP contribution in [0.1, 0.15) is 102 Å². The first-order valence-corrected chi connectivity index (χ1v) is 14.0. The first kappa shape index (κ1) is 35.4. The lowest BCUT2D eigenvalue weighted by atomic mass is 9.72. The predicted molar refractivity (Wildman–Crippen MR) is 165 cm³/mol. The molecule has 6 nitrogen and oxygen atoms in total. The number of hydrogen-bond donors (Lipinski definition) is 2. The Morgan fingerprint density at radius 2 is 1.12 bits per heavy atom. The SMILES string of the molecule is C.C.COc1ccc(C(C#N)C2(O)CCCCC2)cc1.COc1ccc(C(CN(C)C)C2(O)CCCCC2)cc1. The fourth-order valence-electron chi connectivity index (χ4n) is 6.05. The molecule has 2 fully saturated rings. The first-order valence-electron chi connectivity index (χ1n) is 14.0. The van der Waals surface area contributed by atoms with Gasteiger partial charge in [-0.1, -0.05) is 77.6 Å². The minimum atomic E-state index is -0.860. The second kappa shape index (κ2) is 16.6. The van der Waals surface area contributed by atoms with Gasteiger partial charge in [0.25, 0.3) is 0 Å². The molecule has 2 aliphatic carbocycles. The zero-order chi connectivity index (χ0) is 27.6. The molecule has 2 aliphatic rings. The van der Waals surface area contributed by atoms with Crippen LogP contribution < -0.4 is 9.47 Å². The van der Waals surface area contributed by atoms with E-state index < -0.39 is 17.1 Å². The van der Waals surface area contributed by atoms with Crippen molar-refractivity contribution in [1.82, 2.24) is 4.90 Å². The van der Waals surface area contributed by atoms with E-state index in [4.69, 9.17) is 9.47 Å². The van der Waals surface area contributed by atoms with E-state index in [-0.39, 0.29) is 20.8 Å². The summed E-state index contributed by atoms with van der Waals surface area (Å²) in [5.74, 6) is 1.37. The molecule has 0 aliphatic heterocycles. The Bertz CT molecular complexity index is 1000. The van der Waals surface area contributed by atoms with Gasteiger partial charge in [-0.25, -0.2) is 0 Å². The molecule has 2 atom stereocenters. The fraction of sp³-hybridized carbons (Fsp3) is 0.618. The molecule has 0 saturated heterocycles. The van der Waals surface area contributed by atoms with Crippen LogP contribution in [-0.4, -0.2) is 61.2 Å². The smallest absolute Gasteiger partial charge is 0.118 e. The molecular weight excluding hydrogens is 500 g/mol. The predicted octanol–water partition coefficient (Wildman–Crippen LogP) is 7.31. The van der Waals surface area contributed by atoms with Gasteiger partial charge in [-0.3, -0.25) is 0 Å². The number of likely N-dealkylation sites (N-methyl/N-ethyl adjacent to an activating group) is 1. The highest BCUT2D eigenvalue weighted by Gasteiger charge is 2.40. The molecule has 0 heterocycles. The van der Waals surface area contributed by atoms with Gasteiger partial charge in [0.05, 0.1) is 37.4 Å². The number of hydrogen-bond acceptors (Lipinski definition) is 6. The third-order valence-electron chi connectivity index (χ3n) is 8.27. The van der Waals surface area contributed by atoms with Crippen LogP contribution in [0.2, 0.25) is 0 Å². The average molecular weight is 555 g/mol. The number of nitriles is 1. The van der Waals surface area contributed by atoms with Crippen LogP contribution in [0.3, 0.4) is 0 Å². The molecule has 2 aromatic rings. The molecule has 2 N–H and O–H groups in total. The lowest BCUT2D eigenvalue weighted by Gasteiger charge is -2.40. The third-order valence-corrected chi connectivity index (χ3v) is 8.27. The maximum absolute atomic E-state index is 11.1. The zero-order valence-electron chi connectivity index (χ0n) is 23.7. The Labute approximate surface area is 243 Å². The van der Waals surface area contributed by atoms with Crippen LogP contribution in [0.25, 0.3) is 0 Å². The van der Waals surface area contributed by atoms with Crippen molar-refractivity contribution in [3.05, 3.63) is 59.7 Å². The Balaban J connectivity index is 0.000000383. The second-order valence-electron chi connectivity index (χ2n) is 11.3. The summed E-state index contributed by atoms with van der Waals surface area (Å²) in [6.07, 6.45) is 9.95. The summed E-state index contributed by atoms with van der Waals surface area (Å²) < 4.78 is 10.3. The van der Waals surface area contributed by atoms with Crippen molar-refractivity contribution >= 4 is 0 Å². The van der Waals surface area contributed by atoms with E-state index >= 15 is 0 Å². The van der Waals surface area contributed by atoms with Crippen LogP contribution >= 0.6 is 0 Å². The van der Waals surface area contributed by atoms with Gasteiger partial charge in [0.1, 0.15) is 11.5 Å². The van der Waals surface area contributed by atoms with Crippen LogP contribution in [0, 0.1) is 11.3 Å². The van der Waals surface area contributed by atoms with E-state index in [1.54, 1.807) is 14.2 Å². The van der Waals surface area contributed by atoms with Crippen molar-refractivity contribution in [2.45, 2.75) is 102 Å². The van der Waals surface area contributed by atoms with E-state index in [1.165, 1.54) is 12.0 Å². The second-order valence-corrected chi connectivity index (χ2v) is 11.3. The molecule has 4 rings (SSSR count). The van der Waals surface area contributed by atoms with Gasteiger partial charge in [0.2, 0.25) is 0 Å². The minimum Gasteiger partial charge on any atom is -0.497 e. The van der Waals surface area contributed by atoms with Gasteiger partial charge in [-0.2, -0.15) is 5.26 Å². The van der Waals surface area contributed by atoms with Crippen molar-refractivity contribution in [2.75, 3.05) is 34.9 Å². The molecule has 0 amide bonds. The van der Waals surface area contributed by atoms with E-state index in [0.29, 0.717) is 0 Å². The fourth-order valence-corrected chi connectivity index (χ4v) is 6.05. The monoisotopic (exact) mass is 554 g/mol. The topological polar surface area (TPSA) is 86.0 Å². The molecule has 2 saturated carbocycles. The molecule has 224 valence electrons. The molecular formula is C34H54N2O4. The molecule has 0 spiro atoms. The molecule has 6 heteroatoms. The van der Waals surface area contributed by atoms with E-state index in [2.05, 4.69) is 37.2 Å². The lowest BCUT2D eigenvalue weighted by molar-refractivity contribution is -0.0277. The molecule has 2 aromatic carbocycles. The van der Waals surface area contributed by atoms with Crippen molar-refractivity contribution in [1.29, 1.82) is 5.26 Å². The highest BCUT2D eigenvalue weighted by molar-refractivity contribution is 5.34. The largest absolute Gasteiger partial charge is 0.497 e. The summed E-state index contributed by atoms with van der Waals surface area (Å²) in [6, 6.07) is 17.9. The van der Waals surface area contributed by atoms with Crippen LogP contribution in [0.15, 0.2) is 48.5 Å². The van der Waals surface area contributed by atoms with Gasteiger partial charge in [-0.05, 0) is 75.2 Å². The molecule has 0 aromatic heterocycles. The number of nitrogens with zero attached hydrogens (tertiary/aromatic N) is 2. The number of aliphatic hydroxyl groups is 2. The number of rotatable bonds is 8. The molecule has 0 radical (unpaired) electrons. The summed E-state index contributed by atoms with van der Waals surface area (Å²) >= 11 is 0. The number of benzene rings is 2. The van der Waals surface area contributed by atoms with Gasteiger partial charge in [0, 0.05) is 12.5 Å². The standard InChI is InChI=1S/C17H27NO2.C15H19NO2.2CH4/c1-18(2)13-16(17(19)11-5-4-6-12-17)14-7-9-15(20-3)10-8-14;1-18-13-7-5-12(6-8-13)14(11-16)15(17)9-3-2-4-10-15;;/h7-10,16,19H,4-6,11-13H2,1-3H3;5-8,14,17H,2-4,9-10H2,1H3;2*1H4. The van der Waals surface area contributed by atoms with Crippen LogP contribution in [-0.2, 0) is 0 Å². The minimum absolute atomic E-state index is 0. The van der Waals surface area contributed by atoms with E-state index in [9.17, 15) is 15.5 Å². The van der Waals surface area contributed by atoms with Crippen LogP contribution in [0.5, 0.6) is 11.5 Å². The van der Waals surface area contributed by atoms with Crippen molar-refractivity contribution < 1.29 is 19.7 Å². The zero-order valence-corrected chi connectivity index (χ0v) is 23.7. The number of methoxy groups -OCH3 is 2. The molecule has 0 bridgehead atoms. The first-order chi connectivity index (χ1) is 18.2. The maximum Gasteiger partial charge on any atom is 0.118 e. The maximum atomic E-state index is 11.1. The molecule has 2 unspecified atom stereocenters. The molecule has 40 heavy (non-hydrogen) atoms. The van der Waals surface area contributed by atoms with Crippen molar-refractivity contribution in [2.24, 2.45) is 0 Å². The highest BCUT2D eigenvalue weighted by Crippen LogP contribution is 2.41. The Morgan fingerprint density at radius 1 is 0.725 bits per heavy atom. The average Bonchev–Trinajstić information content (AvgIpc) is 2.93. The van der Waals surface area contributed by atoms with Gasteiger partial charge in [0.15, 0.2) is 0 Å². The van der Waals surface area contributed by atoms with E-state index in [1.807, 2.05) is 36.4 Å². The normalized spacial score (nSPS) is 18.9. The highest BCUT2D eigenvalue weighted by atomic mass is 16.5. The quantitative estimate of drug-likeness (QED) is 0.356. The van der Waals surface area contributed by atoms with Gasteiger partial charge in [-0.15, -0.1) is 0 Å². The van der Waals surface area contributed by atoms with E-state index in [0.717, 1.165) is 81.4 Å². The summed E-state index contributed by atoms with van der Waals surface area (Å²) in [6.45, 7) is 0.878. The van der Waals surface area contributed by atoms with Crippen molar-refractivity contribution in [3.63, 3.8) is 0 Å². The third kappa shape index (κ3) is 9.23. The van der Waals surface area contributed by atoms with Gasteiger partial charge >= 0.3 is 0 Å². The van der Waals surface area contributed by atoms with Gasteiger partial charge < -0.3 is 24.6 Å².